The van der Waals surface area contributed by atoms with Crippen LogP contribution in [-0.2, 0) is 11.2 Å². The maximum atomic E-state index is 14.5. The summed E-state index contributed by atoms with van der Waals surface area (Å²) < 4.78 is 28.6. The smallest absolute Gasteiger partial charge is 0.299 e. The van der Waals surface area contributed by atoms with Crippen LogP contribution in [0.25, 0.3) is 10.9 Å². The Hall–Kier alpha value is -2.39. The number of benzene rings is 1. The number of nitrogens with one attached hydrogen (secondary N) is 1. The molecule has 3 fully saturated rings. The van der Waals surface area contributed by atoms with Crippen LogP contribution in [0, 0.1) is 29.4 Å². The lowest BCUT2D eigenvalue weighted by atomic mass is 9.36. The number of fused-ring (bicyclic) bond motifs is 3. The molecule has 1 aliphatic heterocycles. The Kier molecular flexibility index (Phi) is 3.89. The number of aromatic nitrogens is 1. The molecule has 2 aromatic rings. The largest absolute Gasteiger partial charge is 0.354 e. The van der Waals surface area contributed by atoms with Gasteiger partial charge >= 0.3 is 0 Å². The van der Waals surface area contributed by atoms with Crippen molar-refractivity contribution >= 4 is 16.8 Å². The van der Waals surface area contributed by atoms with Crippen molar-refractivity contribution in [1.82, 2.24) is 9.88 Å². The molecule has 4 aliphatic rings. The van der Waals surface area contributed by atoms with Crippen molar-refractivity contribution in [2.75, 3.05) is 0 Å². The first kappa shape index (κ1) is 18.6. The lowest BCUT2D eigenvalue weighted by Crippen LogP contribution is -2.76. The predicted octanol–water partition coefficient (Wildman–Crippen LogP) is 3.95. The molecule has 1 aromatic carbocycles. The van der Waals surface area contributed by atoms with E-state index in [-0.39, 0.29) is 28.9 Å². The molecule has 3 saturated carbocycles. The maximum Gasteiger partial charge on any atom is 0.299 e. The fraction of sp³-hybridized carbons (Fsp3) is 0.522. The third kappa shape index (κ3) is 2.50. The molecule has 6 heteroatoms. The number of aromatic amines is 1. The molecule has 0 unspecified atom stereocenters. The van der Waals surface area contributed by atoms with E-state index in [1.807, 2.05) is 4.90 Å². The van der Waals surface area contributed by atoms with Gasteiger partial charge in [-0.3, -0.25) is 4.79 Å². The number of terminal acetylenes is 1. The first-order valence-electron chi connectivity index (χ1n) is 10.4. The Morgan fingerprint density at radius 3 is 2.72 bits per heavy atom. The van der Waals surface area contributed by atoms with Crippen molar-refractivity contribution in [2.24, 2.45) is 11.1 Å². The molecular formula is C23H25F2N3O. The van der Waals surface area contributed by atoms with E-state index in [1.165, 1.54) is 6.07 Å². The highest BCUT2D eigenvalue weighted by Gasteiger charge is 2.71. The monoisotopic (exact) mass is 397 g/mol. The number of amides is 1. The van der Waals surface area contributed by atoms with E-state index >= 15 is 0 Å². The summed E-state index contributed by atoms with van der Waals surface area (Å²) in [7, 11) is 0. The quantitative estimate of drug-likeness (QED) is 0.768. The highest BCUT2D eigenvalue weighted by molar-refractivity contribution is 5.94. The molecule has 1 amide bonds. The van der Waals surface area contributed by atoms with Gasteiger partial charge in [0.25, 0.3) is 5.91 Å². The molecular weight excluding hydrogens is 372 g/mol. The van der Waals surface area contributed by atoms with E-state index in [2.05, 4.69) is 17.8 Å². The van der Waals surface area contributed by atoms with Gasteiger partial charge < -0.3 is 15.6 Å². The van der Waals surface area contributed by atoms with Gasteiger partial charge in [0.1, 0.15) is 11.6 Å². The van der Waals surface area contributed by atoms with Gasteiger partial charge in [0.15, 0.2) is 0 Å². The van der Waals surface area contributed by atoms with Crippen LogP contribution in [0.15, 0.2) is 12.1 Å². The van der Waals surface area contributed by atoms with Crippen molar-refractivity contribution in [1.29, 1.82) is 0 Å². The molecule has 3 N–H and O–H groups in total. The summed E-state index contributed by atoms with van der Waals surface area (Å²) in [6.07, 6.45) is 11.3. The van der Waals surface area contributed by atoms with Crippen LogP contribution in [0.4, 0.5) is 8.78 Å². The lowest BCUT2D eigenvalue weighted by molar-refractivity contribution is -0.195. The SMILES string of the molecule is C#CC(=O)N1[C@@H](CCCC)Cc2c([nH]c3c(F)cc(F)cc23)[C@@H]1C12CC(N)(C1)C2. The molecule has 1 aromatic heterocycles. The van der Waals surface area contributed by atoms with Crippen molar-refractivity contribution < 1.29 is 13.6 Å². The highest BCUT2D eigenvalue weighted by atomic mass is 19.1. The number of nitrogens with two attached hydrogens (primary N) is 1. The molecule has 2 atom stereocenters. The van der Waals surface area contributed by atoms with Gasteiger partial charge in [-0.05, 0) is 49.7 Å². The van der Waals surface area contributed by atoms with Crippen LogP contribution in [-0.4, -0.2) is 27.4 Å². The minimum absolute atomic E-state index is 0.0796. The molecule has 29 heavy (non-hydrogen) atoms. The van der Waals surface area contributed by atoms with Gasteiger partial charge in [-0.15, -0.1) is 6.42 Å². The number of carbonyl (C=O) groups excluding carboxylic acids is 1. The van der Waals surface area contributed by atoms with E-state index in [0.717, 1.165) is 55.8 Å². The molecule has 2 bridgehead atoms. The summed E-state index contributed by atoms with van der Waals surface area (Å²) in [6, 6.07) is 1.95. The van der Waals surface area contributed by atoms with Crippen LogP contribution in [0.3, 0.4) is 0 Å². The topological polar surface area (TPSA) is 62.1 Å². The maximum absolute atomic E-state index is 14.5. The number of hydrogen-bond acceptors (Lipinski definition) is 2. The third-order valence-corrected chi connectivity index (χ3v) is 7.29. The van der Waals surface area contributed by atoms with Gasteiger partial charge in [0.2, 0.25) is 0 Å². The molecule has 152 valence electrons. The molecule has 0 spiro atoms. The second kappa shape index (κ2) is 6.06. The van der Waals surface area contributed by atoms with E-state index in [9.17, 15) is 13.6 Å². The average Bonchev–Trinajstić information content (AvgIpc) is 3.00. The highest BCUT2D eigenvalue weighted by Crippen LogP contribution is 2.73. The minimum atomic E-state index is -0.610. The first-order chi connectivity index (χ1) is 13.8. The zero-order chi connectivity index (χ0) is 20.6. The standard InChI is InChI=1S/C23H25F2N3O/c1-3-5-6-14-9-16-15-7-13(24)8-17(25)19(15)27-20(16)21(28(14)18(29)4-2)22-10-23(26,11-22)12-22/h2,7-8,14,21,27H,3,5-6,9-12,26H2,1H3/t14-,21+,22?,23?/m0/s1. The van der Waals surface area contributed by atoms with E-state index in [4.69, 9.17) is 12.2 Å². The zero-order valence-electron chi connectivity index (χ0n) is 16.5. The Morgan fingerprint density at radius 1 is 1.38 bits per heavy atom. The predicted molar refractivity (Wildman–Crippen MR) is 107 cm³/mol. The minimum Gasteiger partial charge on any atom is -0.354 e. The van der Waals surface area contributed by atoms with Crippen molar-refractivity contribution in [2.45, 2.75) is 69.5 Å². The normalized spacial score (nSPS) is 32.3. The third-order valence-electron chi connectivity index (χ3n) is 7.29. The number of hydrogen-bond donors (Lipinski definition) is 2. The van der Waals surface area contributed by atoms with Crippen molar-refractivity contribution in [3.8, 4) is 12.3 Å². The molecule has 2 heterocycles. The van der Waals surface area contributed by atoms with E-state index in [1.54, 1.807) is 0 Å². The molecule has 0 saturated heterocycles. The van der Waals surface area contributed by atoms with Crippen LogP contribution in [0.2, 0.25) is 0 Å². The Morgan fingerprint density at radius 2 is 2.10 bits per heavy atom. The summed E-state index contributed by atoms with van der Waals surface area (Å²) in [6.45, 7) is 2.11. The summed E-state index contributed by atoms with van der Waals surface area (Å²) in [5.41, 5.74) is 8.08. The fourth-order valence-electron chi connectivity index (χ4n) is 6.31. The first-order valence-corrected chi connectivity index (χ1v) is 10.4. The van der Waals surface area contributed by atoms with Gasteiger partial charge in [-0.1, -0.05) is 19.8 Å². The zero-order valence-corrected chi connectivity index (χ0v) is 16.5. The summed E-state index contributed by atoms with van der Waals surface area (Å²) in [4.78, 5) is 18.0. The van der Waals surface area contributed by atoms with Crippen LogP contribution in [0.5, 0.6) is 0 Å². The summed E-state index contributed by atoms with van der Waals surface area (Å²) in [5.74, 6) is 0.779. The molecule has 6 rings (SSSR count). The van der Waals surface area contributed by atoms with Gasteiger partial charge in [-0.25, -0.2) is 8.78 Å². The van der Waals surface area contributed by atoms with Crippen LogP contribution < -0.4 is 5.73 Å². The number of carbonyl (C=O) groups is 1. The molecule has 4 nitrogen and oxygen atoms in total. The van der Waals surface area contributed by atoms with Gasteiger partial charge in [-0.2, -0.15) is 0 Å². The van der Waals surface area contributed by atoms with E-state index < -0.39 is 11.6 Å². The number of rotatable bonds is 4. The average molecular weight is 397 g/mol. The van der Waals surface area contributed by atoms with Gasteiger partial charge in [0, 0.05) is 34.1 Å². The second-order valence-corrected chi connectivity index (χ2v) is 9.34. The van der Waals surface area contributed by atoms with Crippen LogP contribution >= 0.6 is 0 Å². The Bertz CT molecular complexity index is 1050. The Balaban J connectivity index is 1.70. The number of nitrogens with zero attached hydrogens (tertiary/aromatic N) is 1. The Labute approximate surface area is 168 Å². The van der Waals surface area contributed by atoms with E-state index in [0.29, 0.717) is 17.3 Å². The van der Waals surface area contributed by atoms with Crippen molar-refractivity contribution in [3.05, 3.63) is 35.0 Å². The lowest BCUT2D eigenvalue weighted by Gasteiger charge is -2.73. The van der Waals surface area contributed by atoms with Crippen LogP contribution in [0.1, 0.15) is 62.7 Å². The molecule has 3 aliphatic carbocycles. The molecule has 0 radical (unpaired) electrons. The van der Waals surface area contributed by atoms with Gasteiger partial charge in [0.05, 0.1) is 11.6 Å². The van der Waals surface area contributed by atoms with Crippen molar-refractivity contribution in [3.63, 3.8) is 0 Å². The fourth-order valence-corrected chi connectivity index (χ4v) is 6.31. The number of H-pyrrole nitrogens is 1. The number of unbranched alkanes of at least 4 members (excludes halogenated alkanes) is 1. The summed E-state index contributed by atoms with van der Waals surface area (Å²) >= 11 is 0. The number of halogens is 2. The summed E-state index contributed by atoms with van der Waals surface area (Å²) in [5, 5.41) is 0.575. The second-order valence-electron chi connectivity index (χ2n) is 9.34.